The number of rotatable bonds is 3. The molecule has 0 aliphatic carbocycles. The Hall–Kier alpha value is -1.96. The van der Waals surface area contributed by atoms with E-state index in [9.17, 15) is 0 Å². The molecule has 3 aromatic rings. The molecular formula is C19H21ClN6S. The normalized spacial score (nSPS) is 16.7. The summed E-state index contributed by atoms with van der Waals surface area (Å²) in [4.78, 5) is 21.3. The molecule has 27 heavy (non-hydrogen) atoms. The van der Waals surface area contributed by atoms with E-state index in [-0.39, 0.29) is 5.54 Å². The lowest BCUT2D eigenvalue weighted by Crippen LogP contribution is -2.48. The molecule has 0 unspecified atom stereocenters. The van der Waals surface area contributed by atoms with Gasteiger partial charge in [-0.05, 0) is 51.0 Å². The number of hydrogen-bond acceptors (Lipinski definition) is 7. The molecule has 140 valence electrons. The molecule has 0 atom stereocenters. The van der Waals surface area contributed by atoms with Crippen LogP contribution in [0.4, 0.5) is 5.82 Å². The topological polar surface area (TPSA) is 80.8 Å². The molecule has 1 fully saturated rings. The van der Waals surface area contributed by atoms with Gasteiger partial charge in [-0.2, -0.15) is 0 Å². The van der Waals surface area contributed by atoms with Gasteiger partial charge in [0, 0.05) is 24.3 Å². The Morgan fingerprint density at radius 1 is 1.11 bits per heavy atom. The van der Waals surface area contributed by atoms with E-state index in [1.54, 1.807) is 6.20 Å². The number of aromatic nitrogens is 4. The van der Waals surface area contributed by atoms with Gasteiger partial charge in [0.2, 0.25) is 0 Å². The van der Waals surface area contributed by atoms with Crippen LogP contribution in [0.1, 0.15) is 25.5 Å². The molecule has 0 radical (unpaired) electrons. The van der Waals surface area contributed by atoms with Crippen LogP contribution in [-0.4, -0.2) is 38.6 Å². The Bertz CT molecular complexity index is 983. The highest BCUT2D eigenvalue weighted by molar-refractivity contribution is 7.99. The van der Waals surface area contributed by atoms with Crippen LogP contribution in [0.15, 0.2) is 40.4 Å². The highest BCUT2D eigenvalue weighted by Gasteiger charge is 2.26. The first-order valence-corrected chi connectivity index (χ1v) is 10.1. The van der Waals surface area contributed by atoms with Crippen molar-refractivity contribution in [3.8, 4) is 0 Å². The zero-order valence-corrected chi connectivity index (χ0v) is 16.9. The molecule has 2 N–H and O–H groups in total. The van der Waals surface area contributed by atoms with Crippen LogP contribution < -0.4 is 10.6 Å². The molecule has 0 aromatic carbocycles. The van der Waals surface area contributed by atoms with Crippen LogP contribution in [0.25, 0.3) is 11.2 Å². The minimum atomic E-state index is -0.0828. The van der Waals surface area contributed by atoms with Crippen LogP contribution >= 0.6 is 23.4 Å². The number of fused-ring (bicyclic) bond motifs is 1. The minimum absolute atomic E-state index is 0.0828. The SMILES string of the molecule is Cc1ccc(Sc2ccc3nc(N4CCC(C)(N)CC4)cnc3n2)c(Cl)n1. The molecule has 0 bridgehead atoms. The van der Waals surface area contributed by atoms with Crippen molar-refractivity contribution in [1.29, 1.82) is 0 Å². The van der Waals surface area contributed by atoms with Gasteiger partial charge in [-0.1, -0.05) is 23.4 Å². The number of hydrogen-bond donors (Lipinski definition) is 1. The van der Waals surface area contributed by atoms with Gasteiger partial charge in [0.25, 0.3) is 0 Å². The van der Waals surface area contributed by atoms with Crippen molar-refractivity contribution in [3.05, 3.63) is 41.3 Å². The molecule has 8 heteroatoms. The highest BCUT2D eigenvalue weighted by Crippen LogP contribution is 2.32. The van der Waals surface area contributed by atoms with E-state index >= 15 is 0 Å². The number of nitrogens with zero attached hydrogens (tertiary/aromatic N) is 5. The van der Waals surface area contributed by atoms with E-state index in [0.29, 0.717) is 10.8 Å². The molecule has 0 saturated carbocycles. The Morgan fingerprint density at radius 2 is 1.89 bits per heavy atom. The Morgan fingerprint density at radius 3 is 2.63 bits per heavy atom. The summed E-state index contributed by atoms with van der Waals surface area (Å²) < 4.78 is 0. The van der Waals surface area contributed by atoms with Crippen molar-refractivity contribution < 1.29 is 0 Å². The summed E-state index contributed by atoms with van der Waals surface area (Å²) in [6.07, 6.45) is 3.70. The second-order valence-corrected chi connectivity index (χ2v) is 8.63. The van der Waals surface area contributed by atoms with E-state index in [4.69, 9.17) is 22.3 Å². The van der Waals surface area contributed by atoms with E-state index in [0.717, 1.165) is 52.9 Å². The van der Waals surface area contributed by atoms with Crippen molar-refractivity contribution in [2.75, 3.05) is 18.0 Å². The maximum Gasteiger partial charge on any atom is 0.179 e. The fourth-order valence-electron chi connectivity index (χ4n) is 3.03. The Labute approximate surface area is 167 Å². The predicted molar refractivity (Wildman–Crippen MR) is 109 cm³/mol. The maximum atomic E-state index is 6.22. The van der Waals surface area contributed by atoms with Crippen molar-refractivity contribution in [3.63, 3.8) is 0 Å². The average Bonchev–Trinajstić information content (AvgIpc) is 2.64. The van der Waals surface area contributed by atoms with Crippen LogP contribution in [0, 0.1) is 6.92 Å². The van der Waals surface area contributed by atoms with E-state index in [2.05, 4.69) is 26.8 Å². The summed E-state index contributed by atoms with van der Waals surface area (Å²) in [7, 11) is 0. The number of nitrogens with two attached hydrogens (primary N) is 1. The lowest BCUT2D eigenvalue weighted by atomic mass is 9.91. The van der Waals surface area contributed by atoms with Crippen LogP contribution in [0.5, 0.6) is 0 Å². The second kappa shape index (κ2) is 7.22. The maximum absolute atomic E-state index is 6.22. The number of aryl methyl sites for hydroxylation is 1. The second-order valence-electron chi connectivity index (χ2n) is 7.21. The zero-order valence-electron chi connectivity index (χ0n) is 15.3. The minimum Gasteiger partial charge on any atom is -0.355 e. The Kier molecular flexibility index (Phi) is 4.92. The van der Waals surface area contributed by atoms with Crippen molar-refractivity contribution in [1.82, 2.24) is 19.9 Å². The van der Waals surface area contributed by atoms with Gasteiger partial charge >= 0.3 is 0 Å². The number of anilines is 1. The number of halogens is 1. The van der Waals surface area contributed by atoms with Crippen LogP contribution in [0.3, 0.4) is 0 Å². The quantitative estimate of drug-likeness (QED) is 0.668. The standard InChI is InChI=1S/C19H21ClN6S/c1-12-3-5-14(17(20)23-12)27-16-6-4-13-18(25-16)22-11-15(24-13)26-9-7-19(2,21)8-10-26/h3-6,11H,7-10,21H2,1-2H3. The number of pyridine rings is 2. The number of piperidine rings is 1. The monoisotopic (exact) mass is 400 g/mol. The molecule has 1 aliphatic heterocycles. The van der Waals surface area contributed by atoms with Crippen molar-refractivity contribution >= 4 is 40.3 Å². The van der Waals surface area contributed by atoms with Crippen molar-refractivity contribution in [2.45, 2.75) is 42.1 Å². The molecule has 1 saturated heterocycles. The largest absolute Gasteiger partial charge is 0.355 e. The van der Waals surface area contributed by atoms with E-state index < -0.39 is 0 Å². The highest BCUT2D eigenvalue weighted by atomic mass is 35.5. The molecular weight excluding hydrogens is 380 g/mol. The molecule has 6 nitrogen and oxygen atoms in total. The van der Waals surface area contributed by atoms with Crippen LogP contribution in [0.2, 0.25) is 5.15 Å². The first-order valence-electron chi connectivity index (χ1n) is 8.88. The Balaban J connectivity index is 1.55. The van der Waals surface area contributed by atoms with Gasteiger partial charge < -0.3 is 10.6 Å². The first kappa shape index (κ1) is 18.4. The predicted octanol–water partition coefficient (Wildman–Crippen LogP) is 3.85. The summed E-state index contributed by atoms with van der Waals surface area (Å²) >= 11 is 7.69. The molecule has 4 rings (SSSR count). The van der Waals surface area contributed by atoms with Gasteiger partial charge in [0.15, 0.2) is 5.65 Å². The molecule has 0 spiro atoms. The smallest absolute Gasteiger partial charge is 0.179 e. The summed E-state index contributed by atoms with van der Waals surface area (Å²) in [5.41, 5.74) is 8.44. The first-order chi connectivity index (χ1) is 12.9. The summed E-state index contributed by atoms with van der Waals surface area (Å²) in [5.74, 6) is 0.881. The molecule has 4 heterocycles. The van der Waals surface area contributed by atoms with E-state index in [1.807, 2.05) is 31.2 Å². The third kappa shape index (κ3) is 4.15. The fourth-order valence-corrected chi connectivity index (χ4v) is 4.11. The van der Waals surface area contributed by atoms with Gasteiger partial charge in [-0.3, -0.25) is 0 Å². The summed E-state index contributed by atoms with van der Waals surface area (Å²) in [6, 6.07) is 7.78. The summed E-state index contributed by atoms with van der Waals surface area (Å²) in [6.45, 7) is 5.81. The van der Waals surface area contributed by atoms with Gasteiger partial charge in [0.05, 0.1) is 11.1 Å². The molecule has 1 aliphatic rings. The molecule has 0 amide bonds. The van der Waals surface area contributed by atoms with Crippen molar-refractivity contribution in [2.24, 2.45) is 5.73 Å². The van der Waals surface area contributed by atoms with Gasteiger partial charge in [0.1, 0.15) is 21.5 Å². The van der Waals surface area contributed by atoms with Gasteiger partial charge in [-0.15, -0.1) is 0 Å². The zero-order chi connectivity index (χ0) is 19.0. The summed E-state index contributed by atoms with van der Waals surface area (Å²) in [5, 5.41) is 1.30. The third-order valence-electron chi connectivity index (χ3n) is 4.76. The average molecular weight is 401 g/mol. The van der Waals surface area contributed by atoms with Gasteiger partial charge in [-0.25, -0.2) is 19.9 Å². The van der Waals surface area contributed by atoms with Crippen LogP contribution in [-0.2, 0) is 0 Å². The lowest BCUT2D eigenvalue weighted by molar-refractivity contribution is 0.363. The fraction of sp³-hybridized carbons (Fsp3) is 0.368. The lowest BCUT2D eigenvalue weighted by Gasteiger charge is -2.37. The third-order valence-corrected chi connectivity index (χ3v) is 6.15. The molecule has 3 aromatic heterocycles. The van der Waals surface area contributed by atoms with E-state index in [1.165, 1.54) is 11.8 Å².